The summed E-state index contributed by atoms with van der Waals surface area (Å²) >= 11 is 15.7. The van der Waals surface area contributed by atoms with Crippen molar-refractivity contribution in [3.63, 3.8) is 0 Å². The average molecular weight is 1380 g/mol. The van der Waals surface area contributed by atoms with E-state index >= 15 is 0 Å². The minimum atomic E-state index is 0. The first-order chi connectivity index (χ1) is 39.8. The number of aryl methyl sites for hydroxylation is 6. The Morgan fingerprint density at radius 3 is 1.52 bits per heavy atom. The fourth-order valence-corrected chi connectivity index (χ4v) is 35.5. The third-order valence-corrected chi connectivity index (χ3v) is 36.3. The van der Waals surface area contributed by atoms with Crippen LogP contribution in [0.15, 0.2) is 57.8 Å². The van der Waals surface area contributed by atoms with Crippen LogP contribution in [0.4, 0.5) is 5.82 Å². The molecule has 2 saturated carbocycles. The van der Waals surface area contributed by atoms with E-state index in [0.717, 1.165) is 112 Å². The van der Waals surface area contributed by atoms with Gasteiger partial charge in [-0.25, -0.2) is 24.6 Å². The Hall–Kier alpha value is -4.41. The Labute approximate surface area is 526 Å². The van der Waals surface area contributed by atoms with Gasteiger partial charge in [-0.1, -0.05) is 55.0 Å². The summed E-state index contributed by atoms with van der Waals surface area (Å²) in [5.74, 6) is 5.17. The molecular formula is C52H60ClN13O4S13. The lowest BCUT2D eigenvalue weighted by Gasteiger charge is -2.14. The zero-order valence-electron chi connectivity index (χ0n) is 45.5. The van der Waals surface area contributed by atoms with E-state index in [1.165, 1.54) is 74.8 Å². The predicted octanol–water partition coefficient (Wildman–Crippen LogP) is 12.1. The summed E-state index contributed by atoms with van der Waals surface area (Å²) in [4.78, 5) is 25.1. The number of nitrogens with zero attached hydrogens (tertiary/aromatic N) is 10. The van der Waals surface area contributed by atoms with E-state index in [1.54, 1.807) is 100 Å². The number of rotatable bonds is 8. The zero-order valence-corrected chi connectivity index (χ0v) is 56.9. The first kappa shape index (κ1) is 64.6. The van der Waals surface area contributed by atoms with Crippen LogP contribution in [0.2, 0.25) is 5.15 Å². The smallest absolute Gasteiger partial charge is 0.143 e. The molecule has 0 aliphatic heterocycles. The molecule has 0 unspecified atom stereocenters. The highest BCUT2D eigenvalue weighted by Crippen LogP contribution is 2.42. The second-order valence-corrected chi connectivity index (χ2v) is 38.7. The molecule has 0 saturated heterocycles. The van der Waals surface area contributed by atoms with Gasteiger partial charge in [-0.3, -0.25) is 4.68 Å². The number of nitrogens with one attached hydrogen (secondary N) is 2. The summed E-state index contributed by atoms with van der Waals surface area (Å²) in [7, 11) is 21.4. The van der Waals surface area contributed by atoms with Gasteiger partial charge in [0.2, 0.25) is 0 Å². The highest BCUT2D eigenvalue weighted by atomic mass is 35.5. The summed E-state index contributed by atoms with van der Waals surface area (Å²) in [5, 5.41) is 21.2. The van der Waals surface area contributed by atoms with Crippen molar-refractivity contribution in [2.75, 3.05) is 20.0 Å². The van der Waals surface area contributed by atoms with Crippen LogP contribution >= 0.6 is 11.6 Å². The van der Waals surface area contributed by atoms with Crippen LogP contribution in [-0.2, 0) is 126 Å². The number of fused-ring (bicyclic) bond motifs is 6. The quantitative estimate of drug-likeness (QED) is 0.121. The number of halogens is 1. The third-order valence-electron chi connectivity index (χ3n) is 13.8. The number of anilines is 1. The molecule has 8 aromatic heterocycles. The third kappa shape index (κ3) is 15.4. The van der Waals surface area contributed by atoms with Crippen molar-refractivity contribution in [3.05, 3.63) is 99.9 Å². The highest BCUT2D eigenvalue weighted by molar-refractivity contribution is 8.75. The van der Waals surface area contributed by atoms with E-state index in [-0.39, 0.29) is 7.43 Å². The van der Waals surface area contributed by atoms with Crippen LogP contribution in [-0.4, -0.2) is 74.0 Å². The summed E-state index contributed by atoms with van der Waals surface area (Å²) in [6, 6.07) is 13.2. The van der Waals surface area contributed by atoms with Crippen molar-refractivity contribution < 1.29 is 18.5 Å². The minimum Gasteiger partial charge on any atom is -0.496 e. The van der Waals surface area contributed by atoms with Gasteiger partial charge in [0.1, 0.15) is 56.9 Å². The van der Waals surface area contributed by atoms with Crippen molar-refractivity contribution >= 4 is 181 Å². The van der Waals surface area contributed by atoms with Gasteiger partial charge in [-0.15, -0.1) is 0 Å². The second kappa shape index (κ2) is 30.8. The minimum absolute atomic E-state index is 0. The number of aromatic amines is 2. The van der Waals surface area contributed by atoms with Gasteiger partial charge in [0, 0.05) is 177 Å². The second-order valence-electron chi connectivity index (χ2n) is 18.8. The van der Waals surface area contributed by atoms with Gasteiger partial charge in [0.15, 0.2) is 0 Å². The van der Waals surface area contributed by atoms with Gasteiger partial charge in [-0.2, -0.15) is 10.2 Å². The Kier molecular flexibility index (Phi) is 24.0. The number of hydrogen-bond acceptors (Lipinski definition) is 15. The summed E-state index contributed by atoms with van der Waals surface area (Å²) in [6.07, 6.45) is 14.5. The summed E-state index contributed by atoms with van der Waals surface area (Å²) < 4.78 is 26.3. The first-order valence-corrected chi connectivity index (χ1v) is 41.9. The van der Waals surface area contributed by atoms with Crippen molar-refractivity contribution in [1.29, 1.82) is 0 Å². The summed E-state index contributed by atoms with van der Waals surface area (Å²) in [6.45, 7) is 11.4. The molecule has 0 amide bonds. The summed E-state index contributed by atoms with van der Waals surface area (Å²) in [5.41, 5.74) is 16.7. The molecule has 2 fully saturated rings. The molecule has 4 N–H and O–H groups in total. The van der Waals surface area contributed by atoms with Gasteiger partial charge in [0.05, 0.1) is 66.1 Å². The number of H-pyrrole nitrogens is 2. The molecular weight excluding hydrogens is 1320 g/mol. The molecule has 17 nitrogen and oxygen atoms in total. The largest absolute Gasteiger partial charge is 0.496 e. The molecule has 2 aliphatic rings. The van der Waals surface area contributed by atoms with Gasteiger partial charge in [0.25, 0.3) is 0 Å². The van der Waals surface area contributed by atoms with Crippen LogP contribution in [0, 0.1) is 41.5 Å². The first-order valence-electron chi connectivity index (χ1n) is 25.5. The van der Waals surface area contributed by atoms with Crippen LogP contribution in [0.3, 0.4) is 0 Å². The normalized spacial score (nSPS) is 13.0. The maximum Gasteiger partial charge on any atom is 0.143 e. The van der Waals surface area contributed by atoms with E-state index in [1.807, 2.05) is 70.6 Å². The molecule has 442 valence electrons. The fraction of sp³-hybridized carbons (Fsp3) is 0.385. The zero-order chi connectivity index (χ0) is 57.9. The molecule has 0 bridgehead atoms. The number of benzene rings is 2. The lowest BCUT2D eigenvalue weighted by molar-refractivity contribution is 0.393. The fourth-order valence-electron chi connectivity index (χ4n) is 10.5. The average Bonchev–Trinajstić information content (AvgIpc) is 4.51. The van der Waals surface area contributed by atoms with Crippen LogP contribution < -0.4 is 15.2 Å². The lowest BCUT2D eigenvalue weighted by atomic mass is 10.00. The Balaban J connectivity index is 0.000000159. The predicted molar refractivity (Wildman–Crippen MR) is 369 cm³/mol. The standard InChI is InChI=1S/C26H28N6O2.C17H15ClN4O2.C8H13N3.CH4.S13/c1-14-24(15(2)34-31-14)20-12-21-19(13-23(20)33-4)25-22(28-16(3)29-26(25)30-21)11-18-9-10-27-32(18)17-7-5-6-8-17;1-7-14(8(2)24-22-7)11-5-12-10(6-13(11)23-4)15-16(18)19-9(3)20-17(15)21-12;9-8-5-6-10-11(8)7-3-1-2-4-7;;1-3-5-7-9-11-13-12-10-8-6-4-2/h9-10,12-13,17H,5-8,11H2,1-4H3,(H,28,29,30);5-6H,1-4H3,(H,19,20,21);5-7H,1-4,9H2;1H4;. The van der Waals surface area contributed by atoms with Crippen molar-refractivity contribution in [2.24, 2.45) is 0 Å². The molecule has 2 aliphatic carbocycles. The Morgan fingerprint density at radius 1 is 0.614 bits per heavy atom. The lowest BCUT2D eigenvalue weighted by Crippen LogP contribution is -2.11. The maximum atomic E-state index is 6.33. The van der Waals surface area contributed by atoms with Crippen molar-refractivity contribution in [2.45, 2.75) is 119 Å². The Bertz CT molecular complexity index is 4420. The Morgan fingerprint density at radius 2 is 1.06 bits per heavy atom. The van der Waals surface area contributed by atoms with E-state index < -0.39 is 0 Å². The van der Waals surface area contributed by atoms with E-state index in [4.69, 9.17) is 68.2 Å². The molecule has 83 heavy (non-hydrogen) atoms. The number of aromatic nitrogens is 12. The van der Waals surface area contributed by atoms with Gasteiger partial charge >= 0.3 is 0 Å². The number of methoxy groups -OCH3 is 2. The molecule has 0 atom stereocenters. The van der Waals surface area contributed by atoms with Gasteiger partial charge in [-0.05, 0) is 104 Å². The number of nitrogen functional groups attached to an aromatic ring is 1. The molecule has 0 spiro atoms. The number of nitrogens with two attached hydrogens (primary N) is 1. The molecule has 12 rings (SSSR count). The highest BCUT2D eigenvalue weighted by Gasteiger charge is 2.25. The SMILES string of the molecule is C.COc1cc2c(cc1-c1c(C)noc1C)[nH]c1nc(C)nc(Cc3ccnn3C3CCCC3)c12.COc1cc2c(cc1-c1c(C)noc1C)[nH]c1nc(C)nc(Cl)c12.Nc1ccnn1C1CCCC1.S=S=S=S=S=S=S=S=S=S=S=S=S. The van der Waals surface area contributed by atoms with E-state index in [0.29, 0.717) is 35.1 Å². The topological polar surface area (TPSA) is 215 Å². The van der Waals surface area contributed by atoms with Gasteiger partial charge < -0.3 is 34.2 Å². The molecule has 0 radical (unpaired) electrons. The molecule has 8 heterocycles. The molecule has 31 heteroatoms. The van der Waals surface area contributed by atoms with E-state index in [2.05, 4.69) is 63.3 Å². The maximum absolute atomic E-state index is 6.33. The van der Waals surface area contributed by atoms with Crippen molar-refractivity contribution in [3.8, 4) is 33.8 Å². The molecule has 10 aromatic rings. The number of hydrogen-bond donors (Lipinski definition) is 3. The van der Waals surface area contributed by atoms with Crippen molar-refractivity contribution in [1.82, 2.24) is 59.8 Å². The number of ether oxygens (including phenoxy) is 2. The van der Waals surface area contributed by atoms with E-state index in [9.17, 15) is 0 Å². The van der Waals surface area contributed by atoms with Crippen LogP contribution in [0.5, 0.6) is 11.5 Å². The van der Waals surface area contributed by atoms with Crippen LogP contribution in [0.25, 0.3) is 66.1 Å². The monoisotopic (exact) mass is 1380 g/mol. The van der Waals surface area contributed by atoms with Crippen LogP contribution in [0.1, 0.15) is 117 Å². The molecule has 2 aromatic carbocycles.